The number of pyridine rings is 1. The molecule has 5 rings (SSSR count). The zero-order chi connectivity index (χ0) is 27.7. The SMILES string of the molecule is Cc1nc(-c2c(F)cc(Cl)cc2-c2cnc([C@@H](C)NC(=O)C3(NC(=O)c4cncnc4)COC3)c(F)c2)no1. The highest BCUT2D eigenvalue weighted by Crippen LogP contribution is 2.36. The monoisotopic (exact) mass is 555 g/mol. The van der Waals surface area contributed by atoms with E-state index in [0.29, 0.717) is 0 Å². The first-order valence-electron chi connectivity index (χ1n) is 11.6. The molecule has 4 heterocycles. The lowest BCUT2D eigenvalue weighted by Crippen LogP contribution is -2.70. The number of aromatic nitrogens is 5. The quantitative estimate of drug-likeness (QED) is 0.351. The Hall–Kier alpha value is -4.36. The molecule has 11 nitrogen and oxygen atoms in total. The van der Waals surface area contributed by atoms with Crippen LogP contribution in [0, 0.1) is 18.6 Å². The van der Waals surface area contributed by atoms with Gasteiger partial charge >= 0.3 is 0 Å². The largest absolute Gasteiger partial charge is 0.375 e. The van der Waals surface area contributed by atoms with E-state index >= 15 is 4.39 Å². The van der Waals surface area contributed by atoms with Gasteiger partial charge in [-0.15, -0.1) is 0 Å². The van der Waals surface area contributed by atoms with Gasteiger partial charge in [0.25, 0.3) is 11.8 Å². The number of carbonyl (C=O) groups excluding carboxylic acids is 2. The van der Waals surface area contributed by atoms with Gasteiger partial charge in [0.2, 0.25) is 11.7 Å². The predicted octanol–water partition coefficient (Wildman–Crippen LogP) is 3.20. The first kappa shape index (κ1) is 26.3. The maximum Gasteiger partial charge on any atom is 0.255 e. The summed E-state index contributed by atoms with van der Waals surface area (Å²) in [6, 6.07) is 2.78. The fourth-order valence-electron chi connectivity index (χ4n) is 4.02. The van der Waals surface area contributed by atoms with Crippen LogP contribution < -0.4 is 10.6 Å². The summed E-state index contributed by atoms with van der Waals surface area (Å²) in [5.41, 5.74) is -0.889. The van der Waals surface area contributed by atoms with Crippen molar-refractivity contribution < 1.29 is 27.6 Å². The van der Waals surface area contributed by atoms with E-state index in [-0.39, 0.29) is 57.9 Å². The molecule has 1 fully saturated rings. The van der Waals surface area contributed by atoms with Crippen molar-refractivity contribution in [1.82, 2.24) is 35.7 Å². The number of hydrogen-bond acceptors (Lipinski definition) is 9. The second-order valence-electron chi connectivity index (χ2n) is 8.89. The summed E-state index contributed by atoms with van der Waals surface area (Å²) in [7, 11) is 0. The molecule has 1 aliphatic rings. The molecule has 2 N–H and O–H groups in total. The van der Waals surface area contributed by atoms with Crippen molar-refractivity contribution in [3.8, 4) is 22.5 Å². The van der Waals surface area contributed by atoms with Gasteiger partial charge in [-0.25, -0.2) is 18.7 Å². The summed E-state index contributed by atoms with van der Waals surface area (Å²) in [6.07, 6.45) is 5.22. The lowest BCUT2D eigenvalue weighted by molar-refractivity contribution is -0.147. The normalized spacial score (nSPS) is 14.8. The van der Waals surface area contributed by atoms with Gasteiger partial charge in [0.1, 0.15) is 18.0 Å². The fourth-order valence-corrected chi connectivity index (χ4v) is 4.22. The van der Waals surface area contributed by atoms with Crippen molar-refractivity contribution in [2.45, 2.75) is 25.4 Å². The van der Waals surface area contributed by atoms with E-state index in [4.69, 9.17) is 20.9 Å². The highest BCUT2D eigenvalue weighted by atomic mass is 35.5. The lowest BCUT2D eigenvalue weighted by Gasteiger charge is -2.40. The second kappa shape index (κ2) is 10.4. The average molecular weight is 556 g/mol. The van der Waals surface area contributed by atoms with E-state index in [0.717, 1.165) is 12.1 Å². The van der Waals surface area contributed by atoms with Gasteiger partial charge in [0, 0.05) is 36.1 Å². The Kier molecular flexibility index (Phi) is 7.02. The number of carbonyl (C=O) groups is 2. The van der Waals surface area contributed by atoms with Crippen LogP contribution in [0.25, 0.3) is 22.5 Å². The molecule has 4 aromatic rings. The molecule has 1 saturated heterocycles. The van der Waals surface area contributed by atoms with Crippen molar-refractivity contribution in [1.29, 1.82) is 0 Å². The number of ether oxygens (including phenoxy) is 1. The molecule has 0 aliphatic carbocycles. The zero-order valence-corrected chi connectivity index (χ0v) is 21.3. The van der Waals surface area contributed by atoms with Crippen LogP contribution in [0.5, 0.6) is 0 Å². The molecule has 2 amide bonds. The van der Waals surface area contributed by atoms with Crippen LogP contribution in [0.1, 0.15) is 34.9 Å². The maximum atomic E-state index is 15.3. The minimum absolute atomic E-state index is 0.0288. The average Bonchev–Trinajstić information content (AvgIpc) is 3.31. The van der Waals surface area contributed by atoms with Crippen LogP contribution >= 0.6 is 11.6 Å². The molecule has 0 unspecified atom stereocenters. The molecular weight excluding hydrogens is 536 g/mol. The molecule has 1 aliphatic heterocycles. The molecule has 39 heavy (non-hydrogen) atoms. The highest BCUT2D eigenvalue weighted by Gasteiger charge is 2.48. The van der Waals surface area contributed by atoms with E-state index in [1.807, 2.05) is 0 Å². The lowest BCUT2D eigenvalue weighted by atomic mass is 9.94. The Balaban J connectivity index is 1.37. The van der Waals surface area contributed by atoms with E-state index in [2.05, 4.69) is 35.7 Å². The van der Waals surface area contributed by atoms with Crippen molar-refractivity contribution in [3.63, 3.8) is 0 Å². The minimum Gasteiger partial charge on any atom is -0.375 e. The van der Waals surface area contributed by atoms with E-state index in [1.165, 1.54) is 37.9 Å². The first-order chi connectivity index (χ1) is 18.7. The fraction of sp³-hybridized carbons (Fsp3) is 0.240. The molecule has 3 aromatic heterocycles. The van der Waals surface area contributed by atoms with Gasteiger partial charge < -0.3 is 19.9 Å². The number of rotatable bonds is 7. The molecule has 14 heteroatoms. The van der Waals surface area contributed by atoms with Crippen molar-refractivity contribution in [2.75, 3.05) is 13.2 Å². The van der Waals surface area contributed by atoms with E-state index in [9.17, 15) is 14.0 Å². The summed E-state index contributed by atoms with van der Waals surface area (Å²) < 4.78 is 40.3. The number of benzene rings is 1. The third-order valence-electron chi connectivity index (χ3n) is 6.05. The zero-order valence-electron chi connectivity index (χ0n) is 20.5. The number of hydrogen-bond donors (Lipinski definition) is 2. The van der Waals surface area contributed by atoms with Gasteiger partial charge in [-0.05, 0) is 30.7 Å². The van der Waals surface area contributed by atoms with Crippen LogP contribution in [0.3, 0.4) is 0 Å². The predicted molar refractivity (Wildman–Crippen MR) is 132 cm³/mol. The molecule has 1 aromatic carbocycles. The molecule has 200 valence electrons. The van der Waals surface area contributed by atoms with Gasteiger partial charge in [-0.2, -0.15) is 4.98 Å². The molecule has 0 spiro atoms. The maximum absolute atomic E-state index is 15.3. The van der Waals surface area contributed by atoms with Gasteiger partial charge in [0.15, 0.2) is 5.54 Å². The molecule has 0 radical (unpaired) electrons. The molecule has 0 saturated carbocycles. The Morgan fingerprint density at radius 3 is 2.46 bits per heavy atom. The van der Waals surface area contributed by atoms with Crippen molar-refractivity contribution in [2.24, 2.45) is 0 Å². The Labute approximate surface area is 225 Å². The van der Waals surface area contributed by atoms with Crippen molar-refractivity contribution >= 4 is 23.4 Å². The third-order valence-corrected chi connectivity index (χ3v) is 6.27. The minimum atomic E-state index is -1.35. The highest BCUT2D eigenvalue weighted by molar-refractivity contribution is 6.31. The summed E-state index contributed by atoms with van der Waals surface area (Å²) in [6.45, 7) is 2.95. The Bertz CT molecular complexity index is 1560. The van der Waals surface area contributed by atoms with Crippen LogP contribution in [-0.4, -0.2) is 55.7 Å². The second-order valence-corrected chi connectivity index (χ2v) is 9.33. The smallest absolute Gasteiger partial charge is 0.255 e. The third kappa shape index (κ3) is 5.18. The summed E-state index contributed by atoms with van der Waals surface area (Å²) in [5, 5.41) is 9.16. The van der Waals surface area contributed by atoms with Gasteiger partial charge in [-0.3, -0.25) is 14.6 Å². The molecule has 0 bridgehead atoms. The van der Waals surface area contributed by atoms with Crippen LogP contribution in [0.4, 0.5) is 8.78 Å². The van der Waals surface area contributed by atoms with E-state index in [1.54, 1.807) is 6.92 Å². The van der Waals surface area contributed by atoms with Crippen LogP contribution in [-0.2, 0) is 9.53 Å². The first-order valence-corrected chi connectivity index (χ1v) is 12.0. The molecular formula is C25H20ClF2N7O4. The Morgan fingerprint density at radius 2 is 1.85 bits per heavy atom. The van der Waals surface area contributed by atoms with Gasteiger partial charge in [0.05, 0.1) is 36.1 Å². The summed E-state index contributed by atoms with van der Waals surface area (Å²) in [4.78, 5) is 41.5. The van der Waals surface area contributed by atoms with Crippen molar-refractivity contribution in [3.05, 3.63) is 76.9 Å². The van der Waals surface area contributed by atoms with E-state index < -0.39 is 35.0 Å². The standard InChI is InChI=1S/C25H20ClF2N7O4/c1-12(32-24(37)25(9-38-10-25)34-23(36)15-6-29-11-30-7-15)21-19(28)3-14(8-31-21)17-4-16(26)5-18(27)20(17)22-33-13(2)39-35-22/h3-8,11-12H,9-10H2,1-2H3,(H,32,37)(H,34,36)/t12-/m1/s1. The topological polar surface area (TPSA) is 145 Å². The van der Waals surface area contributed by atoms with Gasteiger partial charge in [-0.1, -0.05) is 16.8 Å². The Morgan fingerprint density at radius 1 is 1.10 bits per heavy atom. The number of amides is 2. The van der Waals surface area contributed by atoms with Crippen LogP contribution in [0.15, 0.2) is 47.6 Å². The summed E-state index contributed by atoms with van der Waals surface area (Å²) >= 11 is 6.07. The molecule has 1 atom stereocenters. The van der Waals surface area contributed by atoms with Crippen LogP contribution in [0.2, 0.25) is 5.02 Å². The number of halogens is 3. The number of aryl methyl sites for hydroxylation is 1. The number of nitrogens with one attached hydrogen (secondary N) is 2. The number of nitrogens with zero attached hydrogens (tertiary/aromatic N) is 5. The summed E-state index contributed by atoms with van der Waals surface area (Å²) in [5.74, 6) is -2.43.